The van der Waals surface area contributed by atoms with Crippen LogP contribution in [-0.2, 0) is 14.3 Å². The van der Waals surface area contributed by atoms with Crippen LogP contribution in [0.15, 0.2) is 0 Å². The van der Waals surface area contributed by atoms with Crippen LogP contribution in [0.25, 0.3) is 0 Å². The van der Waals surface area contributed by atoms with Crippen molar-refractivity contribution in [1.82, 2.24) is 5.32 Å². The summed E-state index contributed by atoms with van der Waals surface area (Å²) in [5, 5.41) is 23.1. The van der Waals surface area contributed by atoms with E-state index in [9.17, 15) is 19.8 Å². The highest BCUT2D eigenvalue weighted by Gasteiger charge is 2.20. The van der Waals surface area contributed by atoms with Gasteiger partial charge in [-0.1, -0.05) is 232 Å². The molecule has 0 spiro atoms. The van der Waals surface area contributed by atoms with Crippen molar-refractivity contribution in [2.75, 3.05) is 13.2 Å². The molecule has 54 heavy (non-hydrogen) atoms. The van der Waals surface area contributed by atoms with Gasteiger partial charge in [0.1, 0.15) is 0 Å². The smallest absolute Gasteiger partial charge is 0.305 e. The number of unbranched alkanes of at least 4 members (excludes halogenated alkanes) is 34. The van der Waals surface area contributed by atoms with Crippen molar-refractivity contribution in [1.29, 1.82) is 0 Å². The van der Waals surface area contributed by atoms with Gasteiger partial charge in [0.25, 0.3) is 0 Å². The highest BCUT2D eigenvalue weighted by atomic mass is 16.5. The van der Waals surface area contributed by atoms with Crippen molar-refractivity contribution in [2.24, 2.45) is 0 Å². The fourth-order valence-electron chi connectivity index (χ4n) is 7.64. The zero-order valence-electron chi connectivity index (χ0n) is 36.5. The summed E-state index contributed by atoms with van der Waals surface area (Å²) in [6.07, 6.45) is 47.7. The summed E-state index contributed by atoms with van der Waals surface area (Å²) in [7, 11) is 0. The molecule has 0 heterocycles. The number of aliphatic hydroxyl groups is 2. The molecule has 2 atom stereocenters. The Balaban J connectivity index is 3.43. The molecule has 0 aromatic rings. The first-order valence-corrected chi connectivity index (χ1v) is 24.3. The summed E-state index contributed by atoms with van der Waals surface area (Å²) in [6.45, 7) is 4.91. The molecule has 0 rings (SSSR count). The van der Waals surface area contributed by atoms with Crippen LogP contribution >= 0.6 is 0 Å². The average molecular weight is 766 g/mol. The lowest BCUT2D eigenvalue weighted by Crippen LogP contribution is -2.45. The highest BCUT2D eigenvalue weighted by molar-refractivity contribution is 5.76. The van der Waals surface area contributed by atoms with E-state index in [4.69, 9.17) is 4.74 Å². The van der Waals surface area contributed by atoms with Crippen LogP contribution in [0.1, 0.15) is 271 Å². The Kier molecular flexibility index (Phi) is 43.6. The quantitative estimate of drug-likeness (QED) is 0.0424. The van der Waals surface area contributed by atoms with Crippen LogP contribution < -0.4 is 5.32 Å². The van der Waals surface area contributed by atoms with Crippen LogP contribution in [0.3, 0.4) is 0 Å². The minimum absolute atomic E-state index is 0.0106. The van der Waals surface area contributed by atoms with Gasteiger partial charge in [0.2, 0.25) is 5.91 Å². The molecule has 6 heteroatoms. The predicted octanol–water partition coefficient (Wildman–Crippen LogP) is 14.0. The third-order valence-corrected chi connectivity index (χ3v) is 11.4. The van der Waals surface area contributed by atoms with Crippen molar-refractivity contribution in [3.63, 3.8) is 0 Å². The Morgan fingerprint density at radius 1 is 0.444 bits per heavy atom. The number of hydrogen-bond acceptors (Lipinski definition) is 5. The Labute approximate surface area is 336 Å². The van der Waals surface area contributed by atoms with E-state index in [0.29, 0.717) is 25.9 Å². The molecule has 0 saturated heterocycles. The maximum absolute atomic E-state index is 12.4. The van der Waals surface area contributed by atoms with Crippen LogP contribution in [0, 0.1) is 0 Å². The number of rotatable bonds is 45. The van der Waals surface area contributed by atoms with E-state index < -0.39 is 12.1 Å². The second-order valence-electron chi connectivity index (χ2n) is 16.8. The van der Waals surface area contributed by atoms with E-state index in [1.165, 1.54) is 180 Å². The zero-order chi connectivity index (χ0) is 39.4. The fraction of sp³-hybridized carbons (Fsp3) is 0.958. The van der Waals surface area contributed by atoms with Gasteiger partial charge >= 0.3 is 5.97 Å². The number of aliphatic hydroxyl groups excluding tert-OH is 2. The summed E-state index contributed by atoms with van der Waals surface area (Å²) in [4.78, 5) is 24.4. The van der Waals surface area contributed by atoms with Gasteiger partial charge in [-0.2, -0.15) is 0 Å². The van der Waals surface area contributed by atoms with E-state index in [2.05, 4.69) is 19.2 Å². The standard InChI is InChI=1S/C48H95NO5/c1-3-5-7-9-11-13-15-16-17-18-22-26-30-34-38-42-48(53)54-43-39-35-31-27-23-19-21-25-29-33-37-41-47(52)49-45(44-50)46(51)40-36-32-28-24-20-14-12-10-8-6-4-2/h45-46,50-51H,3-44H2,1-2H3,(H,49,52). The van der Waals surface area contributed by atoms with Crippen LogP contribution in [0.2, 0.25) is 0 Å². The Morgan fingerprint density at radius 2 is 0.759 bits per heavy atom. The number of amides is 1. The van der Waals surface area contributed by atoms with Gasteiger partial charge in [-0.3, -0.25) is 9.59 Å². The summed E-state index contributed by atoms with van der Waals surface area (Å²) >= 11 is 0. The first-order valence-electron chi connectivity index (χ1n) is 24.3. The van der Waals surface area contributed by atoms with E-state index in [-0.39, 0.29) is 18.5 Å². The molecule has 0 aliphatic heterocycles. The molecule has 0 radical (unpaired) electrons. The summed E-state index contributed by atoms with van der Waals surface area (Å²) in [5.41, 5.74) is 0. The number of nitrogens with one attached hydrogen (secondary N) is 1. The van der Waals surface area contributed by atoms with Gasteiger partial charge in [0, 0.05) is 12.8 Å². The Bertz CT molecular complexity index is 761. The summed E-state index contributed by atoms with van der Waals surface area (Å²) < 4.78 is 5.46. The largest absolute Gasteiger partial charge is 0.466 e. The molecule has 1 amide bonds. The minimum atomic E-state index is -0.673. The Morgan fingerprint density at radius 3 is 1.13 bits per heavy atom. The molecular weight excluding hydrogens is 671 g/mol. The van der Waals surface area contributed by atoms with Gasteiger partial charge in [-0.25, -0.2) is 0 Å². The first-order chi connectivity index (χ1) is 26.5. The van der Waals surface area contributed by atoms with Gasteiger partial charge in [0.05, 0.1) is 25.4 Å². The molecule has 322 valence electrons. The zero-order valence-corrected chi connectivity index (χ0v) is 36.5. The molecule has 0 fully saturated rings. The highest BCUT2D eigenvalue weighted by Crippen LogP contribution is 2.16. The van der Waals surface area contributed by atoms with Crippen molar-refractivity contribution in [3.8, 4) is 0 Å². The predicted molar refractivity (Wildman–Crippen MR) is 232 cm³/mol. The van der Waals surface area contributed by atoms with E-state index in [0.717, 1.165) is 57.8 Å². The lowest BCUT2D eigenvalue weighted by atomic mass is 10.0. The third kappa shape index (κ3) is 40.5. The molecular formula is C48H95NO5. The SMILES string of the molecule is CCCCCCCCCCCCCCCCCC(=O)OCCCCCCCCCCCCCC(=O)NC(CO)C(O)CCCCCCCCCCCCC. The van der Waals surface area contributed by atoms with E-state index in [1.807, 2.05) is 0 Å². The number of esters is 1. The summed E-state index contributed by atoms with van der Waals surface area (Å²) in [6, 6.07) is -0.552. The maximum atomic E-state index is 12.4. The normalized spacial score (nSPS) is 12.6. The van der Waals surface area contributed by atoms with Crippen molar-refractivity contribution < 1.29 is 24.5 Å². The molecule has 0 aromatic carbocycles. The minimum Gasteiger partial charge on any atom is -0.466 e. The molecule has 3 N–H and O–H groups in total. The van der Waals surface area contributed by atoms with Gasteiger partial charge in [-0.15, -0.1) is 0 Å². The third-order valence-electron chi connectivity index (χ3n) is 11.4. The van der Waals surface area contributed by atoms with E-state index >= 15 is 0 Å². The molecule has 0 aliphatic rings. The molecule has 6 nitrogen and oxygen atoms in total. The number of carbonyl (C=O) groups is 2. The van der Waals surface area contributed by atoms with Gasteiger partial charge in [-0.05, 0) is 25.7 Å². The molecule has 0 bridgehead atoms. The summed E-state index contributed by atoms with van der Waals surface area (Å²) in [5.74, 6) is -0.0643. The first kappa shape index (κ1) is 52.9. The number of hydrogen-bond donors (Lipinski definition) is 3. The monoisotopic (exact) mass is 766 g/mol. The maximum Gasteiger partial charge on any atom is 0.305 e. The second-order valence-corrected chi connectivity index (χ2v) is 16.8. The average Bonchev–Trinajstić information content (AvgIpc) is 3.17. The second kappa shape index (κ2) is 44.6. The lowest BCUT2D eigenvalue weighted by Gasteiger charge is -2.22. The van der Waals surface area contributed by atoms with Crippen molar-refractivity contribution in [3.05, 3.63) is 0 Å². The number of ether oxygens (including phenoxy) is 1. The van der Waals surface area contributed by atoms with E-state index in [1.54, 1.807) is 0 Å². The van der Waals surface area contributed by atoms with Crippen molar-refractivity contribution in [2.45, 2.75) is 283 Å². The van der Waals surface area contributed by atoms with Crippen LogP contribution in [0.4, 0.5) is 0 Å². The molecule has 0 aliphatic carbocycles. The van der Waals surface area contributed by atoms with Crippen molar-refractivity contribution >= 4 is 11.9 Å². The molecule has 0 saturated carbocycles. The topological polar surface area (TPSA) is 95.9 Å². The van der Waals surface area contributed by atoms with Gasteiger partial charge in [0.15, 0.2) is 0 Å². The number of carbonyl (C=O) groups excluding carboxylic acids is 2. The van der Waals surface area contributed by atoms with Crippen LogP contribution in [-0.4, -0.2) is 47.4 Å². The Hall–Kier alpha value is -1.14. The lowest BCUT2D eigenvalue weighted by molar-refractivity contribution is -0.143. The molecule has 2 unspecified atom stereocenters. The van der Waals surface area contributed by atoms with Crippen LogP contribution in [0.5, 0.6) is 0 Å². The molecule has 0 aromatic heterocycles. The van der Waals surface area contributed by atoms with Gasteiger partial charge < -0.3 is 20.3 Å². The fourth-order valence-corrected chi connectivity index (χ4v) is 7.64.